The van der Waals surface area contributed by atoms with Crippen molar-refractivity contribution in [3.8, 4) is 5.75 Å². The first-order valence-electron chi connectivity index (χ1n) is 11.2. The van der Waals surface area contributed by atoms with Crippen molar-refractivity contribution in [1.82, 2.24) is 14.5 Å². The molecule has 1 amide bonds. The second kappa shape index (κ2) is 10.3. The Morgan fingerprint density at radius 2 is 1.94 bits per heavy atom. The van der Waals surface area contributed by atoms with Crippen LogP contribution in [0.25, 0.3) is 5.76 Å². The Morgan fingerprint density at radius 3 is 2.65 bits per heavy atom. The lowest BCUT2D eigenvalue weighted by Gasteiger charge is -2.25. The molecule has 0 unspecified atom stereocenters. The fourth-order valence-corrected chi connectivity index (χ4v) is 4.06. The summed E-state index contributed by atoms with van der Waals surface area (Å²) < 4.78 is 21.1. The number of ether oxygens (including phenoxy) is 1. The molecule has 2 heterocycles. The number of imidazole rings is 1. The number of carbonyl (C=O) groups excluding carboxylic acids is 2. The largest absolute Gasteiger partial charge is 0.507 e. The molecule has 1 aliphatic heterocycles. The summed E-state index contributed by atoms with van der Waals surface area (Å²) in [5.74, 6) is -1.63. The van der Waals surface area contributed by atoms with Gasteiger partial charge in [0.25, 0.3) is 11.7 Å². The van der Waals surface area contributed by atoms with Gasteiger partial charge >= 0.3 is 0 Å². The predicted octanol–water partition coefficient (Wildman–Crippen LogP) is 4.32. The van der Waals surface area contributed by atoms with Gasteiger partial charge in [0, 0.05) is 31.0 Å². The molecule has 0 bridgehead atoms. The van der Waals surface area contributed by atoms with Crippen LogP contribution in [0.2, 0.25) is 0 Å². The van der Waals surface area contributed by atoms with Crippen LogP contribution < -0.4 is 4.74 Å². The summed E-state index contributed by atoms with van der Waals surface area (Å²) in [6.07, 6.45) is 6.62. The molecular weight excluding hydrogens is 437 g/mol. The van der Waals surface area contributed by atoms with Gasteiger partial charge in [0.15, 0.2) is 0 Å². The topological polar surface area (TPSA) is 84.7 Å². The van der Waals surface area contributed by atoms with E-state index in [4.69, 9.17) is 4.74 Å². The van der Waals surface area contributed by atoms with Crippen LogP contribution in [0.3, 0.4) is 0 Å². The fourth-order valence-electron chi connectivity index (χ4n) is 4.06. The summed E-state index contributed by atoms with van der Waals surface area (Å²) in [6, 6.07) is 11.6. The summed E-state index contributed by atoms with van der Waals surface area (Å²) in [4.78, 5) is 31.7. The molecule has 3 aromatic rings. The summed E-state index contributed by atoms with van der Waals surface area (Å²) in [5, 5.41) is 11.0. The van der Waals surface area contributed by atoms with Crippen LogP contribution in [0.5, 0.6) is 5.75 Å². The minimum absolute atomic E-state index is 0.0214. The Balaban J connectivity index is 1.73. The third-order valence-corrected chi connectivity index (χ3v) is 5.68. The van der Waals surface area contributed by atoms with E-state index < -0.39 is 23.5 Å². The Morgan fingerprint density at radius 1 is 1.15 bits per heavy atom. The minimum Gasteiger partial charge on any atom is -0.507 e. The second-order valence-corrected chi connectivity index (χ2v) is 8.07. The molecule has 7 nitrogen and oxygen atoms in total. The smallest absolute Gasteiger partial charge is 0.295 e. The Hall–Kier alpha value is -3.94. The van der Waals surface area contributed by atoms with Crippen LogP contribution in [-0.4, -0.2) is 44.4 Å². The van der Waals surface area contributed by atoms with Gasteiger partial charge in [-0.1, -0.05) is 19.1 Å². The van der Waals surface area contributed by atoms with E-state index in [-0.39, 0.29) is 16.9 Å². The van der Waals surface area contributed by atoms with E-state index in [2.05, 4.69) is 4.98 Å². The summed E-state index contributed by atoms with van der Waals surface area (Å²) in [5.41, 5.74) is 0.896. The quantitative estimate of drug-likeness (QED) is 0.290. The standard InChI is InChI=1S/C26H26FN3O4/c1-2-15-34-21-6-3-5-19(16-21)23-22(24(31)18-7-9-20(27)10-8-18)25(32)26(33)30(23)13-4-12-29-14-11-28-17-29/h3,5-11,14,16-17,23,31H,2,4,12-13,15H2,1H3/t23-/m1/s1. The van der Waals surface area contributed by atoms with Crippen molar-refractivity contribution in [2.45, 2.75) is 32.4 Å². The van der Waals surface area contributed by atoms with Crippen molar-refractivity contribution in [3.05, 3.63) is 89.8 Å². The number of benzene rings is 2. The van der Waals surface area contributed by atoms with Gasteiger partial charge in [0.1, 0.15) is 17.3 Å². The highest BCUT2D eigenvalue weighted by Gasteiger charge is 2.45. The number of carbonyl (C=O) groups is 2. The normalized spacial score (nSPS) is 17.4. The minimum atomic E-state index is -0.794. The van der Waals surface area contributed by atoms with Crippen molar-refractivity contribution >= 4 is 17.4 Å². The molecule has 1 saturated heterocycles. The Labute approximate surface area is 197 Å². The molecule has 0 aliphatic carbocycles. The van der Waals surface area contributed by atoms with E-state index in [1.54, 1.807) is 30.7 Å². The molecule has 34 heavy (non-hydrogen) atoms. The van der Waals surface area contributed by atoms with E-state index in [9.17, 15) is 19.1 Å². The van der Waals surface area contributed by atoms with Crippen molar-refractivity contribution in [2.75, 3.05) is 13.2 Å². The highest BCUT2D eigenvalue weighted by atomic mass is 19.1. The van der Waals surface area contributed by atoms with Crippen LogP contribution >= 0.6 is 0 Å². The number of Topliss-reactive ketones (excluding diaryl/α,β-unsaturated/α-hetero) is 1. The maximum absolute atomic E-state index is 13.4. The van der Waals surface area contributed by atoms with Gasteiger partial charge in [0.05, 0.1) is 24.5 Å². The molecule has 2 aromatic carbocycles. The van der Waals surface area contributed by atoms with Crippen LogP contribution in [0.15, 0.2) is 72.8 Å². The number of hydrogen-bond donors (Lipinski definition) is 1. The van der Waals surface area contributed by atoms with Crippen LogP contribution in [0.4, 0.5) is 4.39 Å². The van der Waals surface area contributed by atoms with Crippen molar-refractivity contribution in [2.24, 2.45) is 0 Å². The number of halogens is 1. The van der Waals surface area contributed by atoms with Crippen molar-refractivity contribution in [3.63, 3.8) is 0 Å². The average molecular weight is 464 g/mol. The zero-order chi connectivity index (χ0) is 24.1. The number of aliphatic hydroxyl groups excluding tert-OH is 1. The molecule has 176 valence electrons. The lowest BCUT2D eigenvalue weighted by Crippen LogP contribution is -2.31. The van der Waals surface area contributed by atoms with Crippen molar-refractivity contribution < 1.29 is 23.8 Å². The molecule has 4 rings (SSSR count). The third kappa shape index (κ3) is 4.85. The lowest BCUT2D eigenvalue weighted by atomic mass is 9.95. The first kappa shape index (κ1) is 23.2. The number of rotatable bonds is 9. The van der Waals surface area contributed by atoms with Crippen molar-refractivity contribution in [1.29, 1.82) is 0 Å². The number of ketones is 1. The SMILES string of the molecule is CCCOc1cccc([C@@H]2C(=C(O)c3ccc(F)cc3)C(=O)C(=O)N2CCCn2ccnc2)c1. The number of aryl methyl sites for hydroxylation is 1. The van der Waals surface area contributed by atoms with Crippen LogP contribution in [0, 0.1) is 5.82 Å². The van der Waals surface area contributed by atoms with Gasteiger partial charge in [-0.25, -0.2) is 9.37 Å². The molecule has 0 spiro atoms. The molecule has 8 heteroatoms. The third-order valence-electron chi connectivity index (χ3n) is 5.68. The zero-order valence-corrected chi connectivity index (χ0v) is 18.9. The Bertz CT molecular complexity index is 1190. The van der Waals surface area contributed by atoms with Gasteiger partial charge in [-0.05, 0) is 54.8 Å². The number of amides is 1. The molecule has 1 aliphatic rings. The molecule has 1 aromatic heterocycles. The predicted molar refractivity (Wildman–Crippen MR) is 124 cm³/mol. The monoisotopic (exact) mass is 463 g/mol. The summed E-state index contributed by atoms with van der Waals surface area (Å²) in [6.45, 7) is 3.45. The molecule has 0 saturated carbocycles. The number of aliphatic hydroxyl groups is 1. The van der Waals surface area contributed by atoms with Gasteiger partial charge in [-0.2, -0.15) is 0 Å². The molecule has 1 fully saturated rings. The van der Waals surface area contributed by atoms with Crippen LogP contribution in [-0.2, 0) is 16.1 Å². The first-order valence-corrected chi connectivity index (χ1v) is 11.2. The van der Waals surface area contributed by atoms with Gasteiger partial charge < -0.3 is 19.3 Å². The number of nitrogens with zero attached hydrogens (tertiary/aromatic N) is 3. The van der Waals surface area contributed by atoms with Gasteiger partial charge in [-0.3, -0.25) is 9.59 Å². The number of hydrogen-bond acceptors (Lipinski definition) is 5. The highest BCUT2D eigenvalue weighted by Crippen LogP contribution is 2.40. The maximum atomic E-state index is 13.4. The summed E-state index contributed by atoms with van der Waals surface area (Å²) in [7, 11) is 0. The van der Waals surface area contributed by atoms with Gasteiger partial charge in [-0.15, -0.1) is 0 Å². The van der Waals surface area contributed by atoms with E-state index in [1.807, 2.05) is 23.8 Å². The molecular formula is C26H26FN3O4. The lowest BCUT2D eigenvalue weighted by molar-refractivity contribution is -0.139. The average Bonchev–Trinajstić information content (AvgIpc) is 3.45. The van der Waals surface area contributed by atoms with Gasteiger partial charge in [0.2, 0.25) is 0 Å². The summed E-state index contributed by atoms with van der Waals surface area (Å²) >= 11 is 0. The maximum Gasteiger partial charge on any atom is 0.295 e. The first-order chi connectivity index (χ1) is 16.5. The van der Waals surface area contributed by atoms with E-state index in [0.717, 1.165) is 6.42 Å². The highest BCUT2D eigenvalue weighted by molar-refractivity contribution is 6.46. The zero-order valence-electron chi connectivity index (χ0n) is 18.9. The second-order valence-electron chi connectivity index (χ2n) is 8.07. The number of aromatic nitrogens is 2. The Kier molecular flexibility index (Phi) is 7.06. The molecule has 1 atom stereocenters. The fraction of sp³-hybridized carbons (Fsp3) is 0.269. The van der Waals surface area contributed by atoms with E-state index in [0.29, 0.717) is 37.4 Å². The van der Waals surface area contributed by atoms with Crippen LogP contribution in [0.1, 0.15) is 36.9 Å². The van der Waals surface area contributed by atoms with E-state index in [1.165, 1.54) is 29.2 Å². The molecule has 1 N–H and O–H groups in total. The van der Waals surface area contributed by atoms with E-state index >= 15 is 0 Å². The molecule has 0 radical (unpaired) electrons. The number of likely N-dealkylation sites (tertiary alicyclic amines) is 1.